The number of rotatable bonds is 2. The quantitative estimate of drug-likeness (QED) is 0.833. The molecule has 0 bridgehead atoms. The summed E-state index contributed by atoms with van der Waals surface area (Å²) in [6, 6.07) is 8.65. The fourth-order valence-corrected chi connectivity index (χ4v) is 2.98. The van der Waals surface area contributed by atoms with Gasteiger partial charge in [0.2, 0.25) is 0 Å². The summed E-state index contributed by atoms with van der Waals surface area (Å²) in [6.07, 6.45) is -1.01. The number of para-hydroxylation sites is 1. The number of carbonyl (C=O) groups is 1. The Morgan fingerprint density at radius 1 is 1.21 bits per heavy atom. The summed E-state index contributed by atoms with van der Waals surface area (Å²) in [4.78, 5) is 16.3. The number of carbonyl (C=O) groups excluding carboxylic acids is 1. The number of hydrogen-bond acceptors (Lipinski definition) is 3. The van der Waals surface area contributed by atoms with Crippen molar-refractivity contribution >= 4 is 34.6 Å². The molecule has 24 heavy (non-hydrogen) atoms. The number of halogens is 3. The smallest absolute Gasteiger partial charge is 0.351 e. The molecule has 1 aliphatic heterocycles. The van der Waals surface area contributed by atoms with Crippen molar-refractivity contribution in [1.82, 2.24) is 9.88 Å². The number of aryl methyl sites for hydroxylation is 1. The molecule has 124 valence electrons. The minimum absolute atomic E-state index is 0.122. The molecule has 1 saturated heterocycles. The third-order valence-corrected chi connectivity index (χ3v) is 4.26. The molecule has 0 atom stereocenters. The van der Waals surface area contributed by atoms with Crippen LogP contribution in [0.15, 0.2) is 52.5 Å². The molecule has 1 aromatic carbocycles. The van der Waals surface area contributed by atoms with Gasteiger partial charge in [0.25, 0.3) is 5.91 Å². The van der Waals surface area contributed by atoms with Crippen LogP contribution >= 0.6 is 11.8 Å². The molecule has 1 aliphatic rings. The Bertz CT molecular complexity index is 852. The summed E-state index contributed by atoms with van der Waals surface area (Å²) in [5.74, 6) is -0.385. The lowest BCUT2D eigenvalue weighted by Crippen LogP contribution is -2.19. The minimum atomic E-state index is -4.50. The van der Waals surface area contributed by atoms with Crippen molar-refractivity contribution in [3.05, 3.63) is 58.8 Å². The van der Waals surface area contributed by atoms with E-state index in [0.717, 1.165) is 23.5 Å². The monoisotopic (exact) mass is 351 g/mol. The molecule has 4 nitrogen and oxygen atoms in total. The summed E-state index contributed by atoms with van der Waals surface area (Å²) in [5.41, 5.74) is -0.260. The van der Waals surface area contributed by atoms with E-state index in [-0.39, 0.29) is 16.8 Å². The van der Waals surface area contributed by atoms with Crippen LogP contribution in [0.4, 0.5) is 18.9 Å². The number of alkyl halides is 3. The van der Waals surface area contributed by atoms with E-state index < -0.39 is 11.7 Å². The predicted molar refractivity (Wildman–Crippen MR) is 87.7 cm³/mol. The van der Waals surface area contributed by atoms with Crippen molar-refractivity contribution in [2.45, 2.75) is 6.18 Å². The summed E-state index contributed by atoms with van der Waals surface area (Å²) in [7, 11) is 1.83. The third-order valence-electron chi connectivity index (χ3n) is 3.35. The lowest BCUT2D eigenvalue weighted by Gasteiger charge is -2.09. The summed E-state index contributed by atoms with van der Waals surface area (Å²) >= 11 is 1.01. The van der Waals surface area contributed by atoms with Crippen molar-refractivity contribution in [1.29, 1.82) is 0 Å². The molecule has 8 heteroatoms. The Labute approximate surface area is 140 Å². The van der Waals surface area contributed by atoms with Crippen LogP contribution < -0.4 is 5.32 Å². The van der Waals surface area contributed by atoms with E-state index in [1.165, 1.54) is 18.2 Å². The average Bonchev–Trinajstić information content (AvgIpc) is 3.06. The van der Waals surface area contributed by atoms with E-state index in [1.807, 2.05) is 29.9 Å². The van der Waals surface area contributed by atoms with Crippen molar-refractivity contribution in [2.75, 3.05) is 0 Å². The van der Waals surface area contributed by atoms with Gasteiger partial charge in [-0.2, -0.15) is 13.2 Å². The summed E-state index contributed by atoms with van der Waals surface area (Å²) in [6.45, 7) is 0. The lowest BCUT2D eigenvalue weighted by molar-refractivity contribution is -0.137. The maximum absolute atomic E-state index is 13.0. The van der Waals surface area contributed by atoms with E-state index in [4.69, 9.17) is 0 Å². The Kier molecular flexibility index (Phi) is 4.23. The van der Waals surface area contributed by atoms with Gasteiger partial charge >= 0.3 is 6.18 Å². The number of aromatic nitrogens is 1. The van der Waals surface area contributed by atoms with Gasteiger partial charge in [-0.15, -0.1) is 0 Å². The summed E-state index contributed by atoms with van der Waals surface area (Å²) in [5, 5.41) is 2.61. The van der Waals surface area contributed by atoms with Crippen LogP contribution in [0.3, 0.4) is 0 Å². The van der Waals surface area contributed by atoms with Crippen molar-refractivity contribution in [2.24, 2.45) is 12.0 Å². The van der Waals surface area contributed by atoms with Crippen LogP contribution in [-0.4, -0.2) is 15.6 Å². The van der Waals surface area contributed by atoms with E-state index in [2.05, 4.69) is 10.3 Å². The predicted octanol–water partition coefficient (Wildman–Crippen LogP) is 3.94. The highest BCUT2D eigenvalue weighted by Gasteiger charge is 2.34. The maximum Gasteiger partial charge on any atom is 0.418 e. The van der Waals surface area contributed by atoms with Gasteiger partial charge in [0.15, 0.2) is 5.17 Å². The van der Waals surface area contributed by atoms with Crippen LogP contribution in [0.2, 0.25) is 0 Å². The lowest BCUT2D eigenvalue weighted by atomic mass is 10.2. The maximum atomic E-state index is 13.0. The van der Waals surface area contributed by atoms with Crippen LogP contribution in [-0.2, 0) is 18.0 Å². The molecular weight excluding hydrogens is 339 g/mol. The van der Waals surface area contributed by atoms with E-state index >= 15 is 0 Å². The number of thioether (sulfide) groups is 1. The first-order chi connectivity index (χ1) is 11.3. The highest BCUT2D eigenvalue weighted by molar-refractivity contribution is 8.18. The number of nitrogens with zero attached hydrogens (tertiary/aromatic N) is 2. The molecule has 2 aromatic rings. The molecule has 3 rings (SSSR count). The molecule has 1 N–H and O–H groups in total. The van der Waals surface area contributed by atoms with Crippen molar-refractivity contribution < 1.29 is 18.0 Å². The van der Waals surface area contributed by atoms with Crippen LogP contribution in [0.5, 0.6) is 0 Å². The Hall–Kier alpha value is -2.48. The van der Waals surface area contributed by atoms with Gasteiger partial charge in [-0.25, -0.2) is 4.99 Å². The fraction of sp³-hybridized carbons (Fsp3) is 0.125. The van der Waals surface area contributed by atoms with Gasteiger partial charge < -0.3 is 9.88 Å². The second-order valence-corrected chi connectivity index (χ2v) is 6.07. The first-order valence-electron chi connectivity index (χ1n) is 6.92. The molecular formula is C16H12F3N3OS. The number of amidine groups is 1. The van der Waals surface area contributed by atoms with Gasteiger partial charge in [0.1, 0.15) is 0 Å². The second kappa shape index (κ2) is 6.20. The highest BCUT2D eigenvalue weighted by Crippen LogP contribution is 2.37. The Morgan fingerprint density at radius 2 is 1.96 bits per heavy atom. The number of hydrogen-bond donors (Lipinski definition) is 1. The van der Waals surface area contributed by atoms with Crippen LogP contribution in [0.1, 0.15) is 11.3 Å². The summed E-state index contributed by atoms with van der Waals surface area (Å²) < 4.78 is 40.8. The molecule has 1 aromatic heterocycles. The molecule has 0 spiro atoms. The zero-order valence-corrected chi connectivity index (χ0v) is 13.3. The van der Waals surface area contributed by atoms with Gasteiger partial charge in [0.05, 0.1) is 16.2 Å². The minimum Gasteiger partial charge on any atom is -0.351 e. The third kappa shape index (κ3) is 3.38. The molecule has 0 saturated carbocycles. The molecule has 0 radical (unpaired) electrons. The van der Waals surface area contributed by atoms with Gasteiger partial charge in [-0.1, -0.05) is 12.1 Å². The van der Waals surface area contributed by atoms with Crippen molar-refractivity contribution in [3.63, 3.8) is 0 Å². The van der Waals surface area contributed by atoms with E-state index in [0.29, 0.717) is 4.91 Å². The van der Waals surface area contributed by atoms with Crippen molar-refractivity contribution in [3.8, 4) is 0 Å². The molecule has 1 fully saturated rings. The number of nitrogens with one attached hydrogen (secondary N) is 1. The second-order valence-electron chi connectivity index (χ2n) is 5.04. The van der Waals surface area contributed by atoms with Crippen LogP contribution in [0.25, 0.3) is 6.08 Å². The van der Waals surface area contributed by atoms with Crippen LogP contribution in [0, 0.1) is 0 Å². The normalized spacial score (nSPS) is 18.4. The fourth-order valence-electron chi connectivity index (χ4n) is 2.16. The van der Waals surface area contributed by atoms with E-state index in [9.17, 15) is 18.0 Å². The van der Waals surface area contributed by atoms with Gasteiger partial charge in [-0.05, 0) is 42.1 Å². The largest absolute Gasteiger partial charge is 0.418 e. The SMILES string of the molecule is Cn1cccc1/C=C1/SC(=Nc2ccccc2C(F)(F)F)NC1=O. The Balaban J connectivity index is 1.91. The first-order valence-corrected chi connectivity index (χ1v) is 7.73. The molecule has 2 heterocycles. The molecule has 0 unspecified atom stereocenters. The highest BCUT2D eigenvalue weighted by atomic mass is 32.2. The Morgan fingerprint density at radius 3 is 2.62 bits per heavy atom. The zero-order valence-electron chi connectivity index (χ0n) is 12.5. The number of aliphatic imine (C=N–C) groups is 1. The molecule has 1 amide bonds. The number of amides is 1. The number of benzene rings is 1. The van der Waals surface area contributed by atoms with E-state index in [1.54, 1.807) is 6.08 Å². The first kappa shape index (κ1) is 16.4. The zero-order chi connectivity index (χ0) is 17.3. The topological polar surface area (TPSA) is 46.4 Å². The molecule has 0 aliphatic carbocycles. The average molecular weight is 351 g/mol. The standard InChI is InChI=1S/C16H12F3N3OS/c1-22-8-4-5-10(22)9-13-14(23)21-15(24-13)20-12-7-3-2-6-11(12)16(17,18)19/h2-9H,1H3,(H,20,21,23)/b13-9+. The van der Waals surface area contributed by atoms with Gasteiger partial charge in [-0.3, -0.25) is 4.79 Å². The van der Waals surface area contributed by atoms with Gasteiger partial charge in [0, 0.05) is 18.9 Å².